The number of nitrogens with one attached hydrogen (secondary N) is 2. The van der Waals surface area contributed by atoms with E-state index in [4.69, 9.17) is 0 Å². The highest BCUT2D eigenvalue weighted by Crippen LogP contribution is 2.23. The highest BCUT2D eigenvalue weighted by atomic mass is 16.2. The molecule has 128 valence electrons. The fourth-order valence-electron chi connectivity index (χ4n) is 2.16. The molecule has 1 heterocycles. The molecule has 2 rings (SSSR count). The molecule has 0 bridgehead atoms. The Morgan fingerprint density at radius 3 is 2.50 bits per heavy atom. The minimum atomic E-state index is -0.326. The minimum absolute atomic E-state index is 0.326. The predicted octanol–water partition coefficient (Wildman–Crippen LogP) is 2.82. The normalized spacial score (nSPS) is 10.2. The van der Waals surface area contributed by atoms with Gasteiger partial charge in [-0.2, -0.15) is 4.98 Å². The van der Waals surface area contributed by atoms with Crippen LogP contribution in [0.25, 0.3) is 0 Å². The van der Waals surface area contributed by atoms with Gasteiger partial charge in [-0.25, -0.2) is 9.78 Å². The second-order valence-electron chi connectivity index (χ2n) is 5.83. The van der Waals surface area contributed by atoms with E-state index in [-0.39, 0.29) is 6.03 Å². The highest BCUT2D eigenvalue weighted by Gasteiger charge is 2.13. The Morgan fingerprint density at radius 1 is 1.12 bits per heavy atom. The SMILES string of the molecule is CCc1cccc(NC(=O)Nc2cnc(N(C)C)nc2N(C)C)c1. The zero-order chi connectivity index (χ0) is 17.7. The summed E-state index contributed by atoms with van der Waals surface area (Å²) in [6, 6.07) is 7.44. The summed E-state index contributed by atoms with van der Waals surface area (Å²) in [5, 5.41) is 5.64. The Labute approximate surface area is 142 Å². The summed E-state index contributed by atoms with van der Waals surface area (Å²) in [5.74, 6) is 1.23. The Morgan fingerprint density at radius 2 is 1.88 bits per heavy atom. The maximum absolute atomic E-state index is 12.3. The summed E-state index contributed by atoms with van der Waals surface area (Å²) < 4.78 is 0. The average Bonchev–Trinajstić information content (AvgIpc) is 2.54. The van der Waals surface area contributed by atoms with Crippen molar-refractivity contribution in [3.63, 3.8) is 0 Å². The van der Waals surface area contributed by atoms with Gasteiger partial charge in [0.05, 0.1) is 6.20 Å². The molecule has 0 saturated carbocycles. The molecular weight excluding hydrogens is 304 g/mol. The van der Waals surface area contributed by atoms with Gasteiger partial charge in [0.25, 0.3) is 0 Å². The Hall–Kier alpha value is -2.83. The number of rotatable bonds is 5. The van der Waals surface area contributed by atoms with E-state index in [2.05, 4.69) is 27.5 Å². The number of carbonyl (C=O) groups excluding carboxylic acids is 1. The van der Waals surface area contributed by atoms with Crippen LogP contribution >= 0.6 is 0 Å². The maximum atomic E-state index is 12.3. The van der Waals surface area contributed by atoms with E-state index in [1.54, 1.807) is 6.20 Å². The third-order valence-corrected chi connectivity index (χ3v) is 3.42. The minimum Gasteiger partial charge on any atom is -0.361 e. The van der Waals surface area contributed by atoms with E-state index < -0.39 is 0 Å². The molecule has 0 aliphatic carbocycles. The van der Waals surface area contributed by atoms with Crippen LogP contribution in [-0.2, 0) is 6.42 Å². The fraction of sp³-hybridized carbons (Fsp3) is 0.353. The number of hydrogen-bond acceptors (Lipinski definition) is 5. The number of hydrogen-bond donors (Lipinski definition) is 2. The molecule has 2 amide bonds. The van der Waals surface area contributed by atoms with Crippen molar-refractivity contribution in [2.45, 2.75) is 13.3 Å². The zero-order valence-electron chi connectivity index (χ0n) is 14.8. The monoisotopic (exact) mass is 328 g/mol. The largest absolute Gasteiger partial charge is 0.361 e. The van der Waals surface area contributed by atoms with Crippen LogP contribution in [0.4, 0.5) is 27.9 Å². The molecule has 7 heteroatoms. The van der Waals surface area contributed by atoms with Crippen LogP contribution < -0.4 is 20.4 Å². The van der Waals surface area contributed by atoms with E-state index in [9.17, 15) is 4.79 Å². The number of aryl methyl sites for hydroxylation is 1. The molecule has 0 spiro atoms. The van der Waals surface area contributed by atoms with E-state index in [1.807, 2.05) is 62.3 Å². The van der Waals surface area contributed by atoms with Gasteiger partial charge in [-0.05, 0) is 24.1 Å². The Kier molecular flexibility index (Phi) is 5.57. The van der Waals surface area contributed by atoms with Gasteiger partial charge < -0.3 is 20.4 Å². The second-order valence-corrected chi connectivity index (χ2v) is 5.83. The van der Waals surface area contributed by atoms with Gasteiger partial charge >= 0.3 is 6.03 Å². The molecule has 0 fully saturated rings. The van der Waals surface area contributed by atoms with E-state index in [0.717, 1.165) is 12.1 Å². The first-order chi connectivity index (χ1) is 11.4. The zero-order valence-corrected chi connectivity index (χ0v) is 14.8. The predicted molar refractivity (Wildman–Crippen MR) is 99.1 cm³/mol. The Bertz CT molecular complexity index is 714. The summed E-state index contributed by atoms with van der Waals surface area (Å²) >= 11 is 0. The van der Waals surface area contributed by atoms with Crippen molar-refractivity contribution in [1.29, 1.82) is 0 Å². The molecule has 24 heavy (non-hydrogen) atoms. The van der Waals surface area contributed by atoms with Crippen LogP contribution in [0.15, 0.2) is 30.5 Å². The van der Waals surface area contributed by atoms with Crippen molar-refractivity contribution in [1.82, 2.24) is 9.97 Å². The van der Waals surface area contributed by atoms with Crippen molar-refractivity contribution < 1.29 is 4.79 Å². The average molecular weight is 328 g/mol. The standard InChI is InChI=1S/C17H24N6O/c1-6-12-8-7-9-13(10-12)19-17(24)20-14-11-18-16(23(4)5)21-15(14)22(2)3/h7-11H,6H2,1-5H3,(H2,19,20,24). The van der Waals surface area contributed by atoms with Crippen LogP contribution in [0.5, 0.6) is 0 Å². The van der Waals surface area contributed by atoms with E-state index in [0.29, 0.717) is 17.5 Å². The van der Waals surface area contributed by atoms with Crippen LogP contribution in [0.3, 0.4) is 0 Å². The highest BCUT2D eigenvalue weighted by molar-refractivity contribution is 6.01. The number of anilines is 4. The molecule has 0 unspecified atom stereocenters. The molecule has 2 aromatic rings. The van der Waals surface area contributed by atoms with Crippen LogP contribution in [0.1, 0.15) is 12.5 Å². The molecule has 7 nitrogen and oxygen atoms in total. The molecular formula is C17H24N6O. The summed E-state index contributed by atoms with van der Waals surface area (Å²) in [6.07, 6.45) is 2.53. The summed E-state index contributed by atoms with van der Waals surface area (Å²) in [6.45, 7) is 2.08. The van der Waals surface area contributed by atoms with Crippen molar-refractivity contribution in [3.8, 4) is 0 Å². The molecule has 0 aliphatic heterocycles. The fourth-order valence-corrected chi connectivity index (χ4v) is 2.16. The summed E-state index contributed by atoms with van der Waals surface area (Å²) in [4.78, 5) is 24.6. The van der Waals surface area contributed by atoms with Gasteiger partial charge in [-0.15, -0.1) is 0 Å². The first kappa shape index (κ1) is 17.5. The van der Waals surface area contributed by atoms with Gasteiger partial charge in [-0.3, -0.25) is 0 Å². The quantitative estimate of drug-likeness (QED) is 0.883. The second kappa shape index (κ2) is 7.63. The lowest BCUT2D eigenvalue weighted by molar-refractivity contribution is 0.262. The lowest BCUT2D eigenvalue weighted by Gasteiger charge is -2.19. The van der Waals surface area contributed by atoms with Crippen LogP contribution in [0.2, 0.25) is 0 Å². The van der Waals surface area contributed by atoms with Gasteiger partial charge in [-0.1, -0.05) is 19.1 Å². The molecule has 0 aliphatic rings. The number of urea groups is 1. The molecule has 1 aromatic carbocycles. The van der Waals surface area contributed by atoms with Crippen molar-refractivity contribution in [2.24, 2.45) is 0 Å². The number of benzene rings is 1. The summed E-state index contributed by atoms with van der Waals surface area (Å²) in [7, 11) is 7.48. The van der Waals surface area contributed by atoms with Gasteiger partial charge in [0, 0.05) is 33.9 Å². The smallest absolute Gasteiger partial charge is 0.323 e. The van der Waals surface area contributed by atoms with E-state index >= 15 is 0 Å². The van der Waals surface area contributed by atoms with Gasteiger partial charge in [0.1, 0.15) is 5.69 Å². The third kappa shape index (κ3) is 4.34. The van der Waals surface area contributed by atoms with Crippen molar-refractivity contribution in [3.05, 3.63) is 36.0 Å². The Balaban J connectivity index is 2.16. The molecule has 2 N–H and O–H groups in total. The number of aromatic nitrogens is 2. The number of amides is 2. The van der Waals surface area contributed by atoms with Gasteiger partial charge in [0.2, 0.25) is 5.95 Å². The van der Waals surface area contributed by atoms with Gasteiger partial charge in [0.15, 0.2) is 5.82 Å². The molecule has 0 atom stereocenters. The maximum Gasteiger partial charge on any atom is 0.323 e. The van der Waals surface area contributed by atoms with Crippen LogP contribution in [-0.4, -0.2) is 44.2 Å². The first-order valence-electron chi connectivity index (χ1n) is 7.79. The first-order valence-corrected chi connectivity index (χ1v) is 7.79. The third-order valence-electron chi connectivity index (χ3n) is 3.42. The molecule has 0 radical (unpaired) electrons. The van der Waals surface area contributed by atoms with Crippen LogP contribution in [0, 0.1) is 0 Å². The van der Waals surface area contributed by atoms with E-state index in [1.165, 1.54) is 5.56 Å². The molecule has 0 saturated heterocycles. The lowest BCUT2D eigenvalue weighted by atomic mass is 10.1. The topological polar surface area (TPSA) is 73.4 Å². The summed E-state index contributed by atoms with van der Waals surface area (Å²) in [5.41, 5.74) is 2.47. The number of carbonyl (C=O) groups is 1. The number of nitrogens with zero attached hydrogens (tertiary/aromatic N) is 4. The lowest BCUT2D eigenvalue weighted by Crippen LogP contribution is -2.23. The van der Waals surface area contributed by atoms with Crippen molar-refractivity contribution >= 4 is 29.2 Å². The molecule has 1 aromatic heterocycles. The van der Waals surface area contributed by atoms with Crippen molar-refractivity contribution in [2.75, 3.05) is 48.6 Å².